The summed E-state index contributed by atoms with van der Waals surface area (Å²) in [7, 11) is 2.12. The predicted octanol–water partition coefficient (Wildman–Crippen LogP) is 4.64. The van der Waals surface area contributed by atoms with Gasteiger partial charge in [-0.15, -0.1) is 0 Å². The van der Waals surface area contributed by atoms with E-state index in [0.717, 1.165) is 48.2 Å². The molecule has 0 aliphatic heterocycles. The fourth-order valence-electron chi connectivity index (χ4n) is 3.88. The van der Waals surface area contributed by atoms with E-state index in [1.54, 1.807) is 22.9 Å². The third-order valence-corrected chi connectivity index (χ3v) is 5.56. The summed E-state index contributed by atoms with van der Waals surface area (Å²) in [5, 5.41) is 5.50. The molecule has 0 N–H and O–H groups in total. The molecule has 4 aromatic rings. The van der Waals surface area contributed by atoms with Gasteiger partial charge in [-0.2, -0.15) is 5.10 Å². The Kier molecular flexibility index (Phi) is 6.00. The third kappa shape index (κ3) is 4.44. The SMILES string of the molecule is CCCN(C)CCn1ncc2cc(-n3ccc(-c4ccc(C)cc4F)cc3=O)ccc21. The van der Waals surface area contributed by atoms with Crippen LogP contribution in [0.15, 0.2) is 65.7 Å². The largest absolute Gasteiger partial charge is 0.305 e. The summed E-state index contributed by atoms with van der Waals surface area (Å²) in [5.41, 5.74) is 3.45. The van der Waals surface area contributed by atoms with Gasteiger partial charge in [0.25, 0.3) is 5.56 Å². The topological polar surface area (TPSA) is 43.1 Å². The van der Waals surface area contributed by atoms with Crippen molar-refractivity contribution in [1.82, 2.24) is 19.2 Å². The lowest BCUT2D eigenvalue weighted by Gasteiger charge is -2.15. The second-order valence-corrected chi connectivity index (χ2v) is 8.02. The predicted molar refractivity (Wildman–Crippen MR) is 123 cm³/mol. The Morgan fingerprint density at radius 3 is 2.65 bits per heavy atom. The second-order valence-electron chi connectivity index (χ2n) is 8.02. The summed E-state index contributed by atoms with van der Waals surface area (Å²) in [4.78, 5) is 15.1. The van der Waals surface area contributed by atoms with Gasteiger partial charge in [-0.25, -0.2) is 4.39 Å². The molecule has 0 unspecified atom stereocenters. The van der Waals surface area contributed by atoms with Gasteiger partial charge >= 0.3 is 0 Å². The van der Waals surface area contributed by atoms with Gasteiger partial charge in [0.1, 0.15) is 5.82 Å². The van der Waals surface area contributed by atoms with Gasteiger partial charge in [-0.1, -0.05) is 19.1 Å². The van der Waals surface area contributed by atoms with Crippen molar-refractivity contribution in [3.63, 3.8) is 0 Å². The number of aromatic nitrogens is 3. The number of pyridine rings is 1. The number of aryl methyl sites for hydroxylation is 1. The summed E-state index contributed by atoms with van der Waals surface area (Å²) < 4.78 is 17.9. The lowest BCUT2D eigenvalue weighted by atomic mass is 10.0. The van der Waals surface area contributed by atoms with Crippen LogP contribution < -0.4 is 5.56 Å². The summed E-state index contributed by atoms with van der Waals surface area (Å²) in [6, 6.07) is 14.2. The standard InChI is InChI=1S/C25H27FN4O/c1-4-10-28(3)12-13-30-24-8-6-21(15-20(24)17-27-30)29-11-9-19(16-25(29)31)22-7-5-18(2)14-23(22)26/h5-9,11,14-17H,4,10,12-13H2,1-3H3. The van der Waals surface area contributed by atoms with Crippen LogP contribution in [0.2, 0.25) is 0 Å². The molecule has 6 heteroatoms. The molecule has 0 aliphatic rings. The molecule has 0 saturated carbocycles. The number of hydrogen-bond acceptors (Lipinski definition) is 3. The average molecular weight is 419 g/mol. The summed E-state index contributed by atoms with van der Waals surface area (Å²) in [6.45, 7) is 6.83. The van der Waals surface area contributed by atoms with E-state index >= 15 is 0 Å². The van der Waals surface area contributed by atoms with E-state index in [9.17, 15) is 9.18 Å². The minimum Gasteiger partial charge on any atom is -0.305 e. The normalized spacial score (nSPS) is 11.5. The quantitative estimate of drug-likeness (QED) is 0.439. The van der Waals surface area contributed by atoms with Crippen LogP contribution in [0.25, 0.3) is 27.7 Å². The fraction of sp³-hybridized carbons (Fsp3) is 0.280. The van der Waals surface area contributed by atoms with E-state index in [2.05, 4.69) is 24.0 Å². The molecule has 160 valence electrons. The molecule has 0 amide bonds. The van der Waals surface area contributed by atoms with Crippen LogP contribution in [-0.2, 0) is 6.54 Å². The van der Waals surface area contributed by atoms with Gasteiger partial charge in [0.2, 0.25) is 0 Å². The highest BCUT2D eigenvalue weighted by Gasteiger charge is 2.10. The summed E-state index contributed by atoms with van der Waals surface area (Å²) >= 11 is 0. The van der Waals surface area contributed by atoms with E-state index in [1.165, 1.54) is 12.1 Å². The van der Waals surface area contributed by atoms with Crippen LogP contribution in [0.4, 0.5) is 4.39 Å². The maximum atomic E-state index is 14.3. The average Bonchev–Trinajstić information content (AvgIpc) is 3.14. The van der Waals surface area contributed by atoms with Crippen LogP contribution in [0.1, 0.15) is 18.9 Å². The van der Waals surface area contributed by atoms with Gasteiger partial charge < -0.3 is 4.90 Å². The minimum absolute atomic E-state index is 0.203. The van der Waals surface area contributed by atoms with Crippen molar-refractivity contribution in [3.05, 3.63) is 82.7 Å². The third-order valence-electron chi connectivity index (χ3n) is 5.56. The van der Waals surface area contributed by atoms with Gasteiger partial charge in [0.15, 0.2) is 0 Å². The molecule has 0 fully saturated rings. The van der Waals surface area contributed by atoms with Crippen molar-refractivity contribution in [2.45, 2.75) is 26.8 Å². The van der Waals surface area contributed by atoms with Crippen LogP contribution >= 0.6 is 0 Å². The van der Waals surface area contributed by atoms with E-state index in [-0.39, 0.29) is 11.4 Å². The Hall–Kier alpha value is -3.25. The van der Waals surface area contributed by atoms with Gasteiger partial charge in [0.05, 0.1) is 18.3 Å². The molecular weight excluding hydrogens is 391 g/mol. The molecule has 2 aromatic carbocycles. The molecular formula is C25H27FN4O. The number of likely N-dealkylation sites (N-methyl/N-ethyl adjacent to an activating group) is 1. The number of rotatable bonds is 7. The molecule has 0 spiro atoms. The zero-order chi connectivity index (χ0) is 22.0. The van der Waals surface area contributed by atoms with E-state index < -0.39 is 0 Å². The Morgan fingerprint density at radius 1 is 1.06 bits per heavy atom. The minimum atomic E-state index is -0.324. The molecule has 4 rings (SSSR count). The number of fused-ring (bicyclic) bond motifs is 1. The first kappa shape index (κ1) is 21.0. The maximum absolute atomic E-state index is 14.3. The summed E-state index contributed by atoms with van der Waals surface area (Å²) in [6.07, 6.45) is 4.66. The van der Waals surface area contributed by atoms with Crippen molar-refractivity contribution in [3.8, 4) is 16.8 Å². The Balaban J connectivity index is 1.61. The first-order valence-electron chi connectivity index (χ1n) is 10.6. The van der Waals surface area contributed by atoms with Crippen LogP contribution in [0, 0.1) is 12.7 Å². The molecule has 0 radical (unpaired) electrons. The second kappa shape index (κ2) is 8.86. The molecule has 5 nitrogen and oxygen atoms in total. The Bertz CT molecular complexity index is 1270. The van der Waals surface area contributed by atoms with Crippen LogP contribution in [0.3, 0.4) is 0 Å². The zero-order valence-corrected chi connectivity index (χ0v) is 18.2. The van der Waals surface area contributed by atoms with Crippen molar-refractivity contribution in [1.29, 1.82) is 0 Å². The van der Waals surface area contributed by atoms with Crippen molar-refractivity contribution >= 4 is 10.9 Å². The molecule has 2 aromatic heterocycles. The summed E-state index contributed by atoms with van der Waals surface area (Å²) in [5.74, 6) is -0.324. The smallest absolute Gasteiger partial charge is 0.255 e. The monoisotopic (exact) mass is 418 g/mol. The first-order chi connectivity index (χ1) is 15.0. The van der Waals surface area contributed by atoms with Crippen LogP contribution in [-0.4, -0.2) is 39.4 Å². The molecule has 2 heterocycles. The van der Waals surface area contributed by atoms with Crippen LogP contribution in [0.5, 0.6) is 0 Å². The highest BCUT2D eigenvalue weighted by Crippen LogP contribution is 2.23. The lowest BCUT2D eigenvalue weighted by molar-refractivity contribution is 0.315. The fourth-order valence-corrected chi connectivity index (χ4v) is 3.88. The molecule has 0 bridgehead atoms. The van der Waals surface area contributed by atoms with Gasteiger partial charge in [0, 0.05) is 35.4 Å². The van der Waals surface area contributed by atoms with Gasteiger partial charge in [-0.05, 0) is 68.4 Å². The molecule has 31 heavy (non-hydrogen) atoms. The van der Waals surface area contributed by atoms with Crippen molar-refractivity contribution in [2.75, 3.05) is 20.1 Å². The number of halogens is 1. The molecule has 0 aliphatic carbocycles. The first-order valence-corrected chi connectivity index (χ1v) is 10.6. The molecule has 0 atom stereocenters. The molecule has 0 saturated heterocycles. The highest BCUT2D eigenvalue weighted by atomic mass is 19.1. The van der Waals surface area contributed by atoms with E-state index in [0.29, 0.717) is 11.1 Å². The Morgan fingerprint density at radius 2 is 1.90 bits per heavy atom. The zero-order valence-electron chi connectivity index (χ0n) is 18.2. The van der Waals surface area contributed by atoms with E-state index in [4.69, 9.17) is 0 Å². The maximum Gasteiger partial charge on any atom is 0.255 e. The van der Waals surface area contributed by atoms with Gasteiger partial charge in [-0.3, -0.25) is 14.0 Å². The highest BCUT2D eigenvalue weighted by molar-refractivity contribution is 5.81. The van der Waals surface area contributed by atoms with Crippen molar-refractivity contribution in [2.24, 2.45) is 0 Å². The van der Waals surface area contributed by atoms with E-state index in [1.807, 2.05) is 42.1 Å². The number of benzene rings is 2. The Labute approximate surface area is 181 Å². The lowest BCUT2D eigenvalue weighted by Crippen LogP contribution is -2.24. The number of nitrogens with zero attached hydrogens (tertiary/aromatic N) is 4. The number of hydrogen-bond donors (Lipinski definition) is 0. The van der Waals surface area contributed by atoms with Crippen molar-refractivity contribution < 1.29 is 4.39 Å².